The second kappa shape index (κ2) is 6.14. The average Bonchev–Trinajstić information content (AvgIpc) is 2.81. The van der Waals surface area contributed by atoms with Crippen molar-refractivity contribution in [2.45, 2.75) is 38.0 Å². The van der Waals surface area contributed by atoms with E-state index in [4.69, 9.17) is 4.74 Å². The molecule has 2 rings (SSSR count). The molecule has 0 atom stereocenters. The summed E-state index contributed by atoms with van der Waals surface area (Å²) >= 11 is 1.39. The van der Waals surface area contributed by atoms with Crippen LogP contribution in [-0.2, 0) is 11.2 Å². The number of carbonyl (C=O) groups excluding carboxylic acids is 1. The first-order valence-corrected chi connectivity index (χ1v) is 7.18. The van der Waals surface area contributed by atoms with Gasteiger partial charge >= 0.3 is 0 Å². The molecular formula is C14H19NO2S. The molecule has 4 heteroatoms. The van der Waals surface area contributed by atoms with Gasteiger partial charge in [0.1, 0.15) is 5.75 Å². The highest BCUT2D eigenvalue weighted by atomic mass is 32.2. The van der Waals surface area contributed by atoms with Crippen LogP contribution < -0.4 is 9.46 Å². The average molecular weight is 265 g/mol. The summed E-state index contributed by atoms with van der Waals surface area (Å²) in [5, 5.41) is 0. The molecule has 0 aromatic heterocycles. The summed E-state index contributed by atoms with van der Waals surface area (Å²) < 4.78 is 8.33. The Morgan fingerprint density at radius 3 is 3.11 bits per heavy atom. The first kappa shape index (κ1) is 13.3. The summed E-state index contributed by atoms with van der Waals surface area (Å²) in [7, 11) is 0. The van der Waals surface area contributed by atoms with Gasteiger partial charge in [-0.3, -0.25) is 9.52 Å². The molecule has 3 nitrogen and oxygen atoms in total. The van der Waals surface area contributed by atoms with Crippen LogP contribution in [0.15, 0.2) is 23.1 Å². The number of carbonyl (C=O) groups is 1. The van der Waals surface area contributed by atoms with Crippen molar-refractivity contribution in [1.29, 1.82) is 0 Å². The number of nitrogens with one attached hydrogen (secondary N) is 1. The van der Waals surface area contributed by atoms with E-state index in [1.165, 1.54) is 17.5 Å². The first-order valence-electron chi connectivity index (χ1n) is 6.36. The van der Waals surface area contributed by atoms with Gasteiger partial charge in [-0.05, 0) is 48.0 Å². The van der Waals surface area contributed by atoms with Crippen LogP contribution in [0.2, 0.25) is 0 Å². The highest BCUT2D eigenvalue weighted by Gasteiger charge is 2.12. The van der Waals surface area contributed by atoms with Gasteiger partial charge in [0.25, 0.3) is 0 Å². The molecule has 0 saturated carbocycles. The lowest BCUT2D eigenvalue weighted by Crippen LogP contribution is -2.15. The smallest absolute Gasteiger partial charge is 0.230 e. The van der Waals surface area contributed by atoms with Crippen molar-refractivity contribution in [1.82, 2.24) is 4.72 Å². The van der Waals surface area contributed by atoms with E-state index < -0.39 is 0 Å². The van der Waals surface area contributed by atoms with Gasteiger partial charge in [-0.2, -0.15) is 0 Å². The molecule has 1 amide bonds. The summed E-state index contributed by atoms with van der Waals surface area (Å²) in [5.41, 5.74) is 1.23. The lowest BCUT2D eigenvalue weighted by atomic mass is 10.1. The molecule has 1 aromatic rings. The molecule has 1 aromatic carbocycles. The van der Waals surface area contributed by atoms with Crippen molar-refractivity contribution in [3.8, 4) is 5.75 Å². The van der Waals surface area contributed by atoms with Crippen LogP contribution in [0.4, 0.5) is 0 Å². The van der Waals surface area contributed by atoms with Gasteiger partial charge < -0.3 is 4.74 Å². The normalized spacial score (nSPS) is 13.3. The largest absolute Gasteiger partial charge is 0.493 e. The fourth-order valence-electron chi connectivity index (χ4n) is 1.81. The summed E-state index contributed by atoms with van der Waals surface area (Å²) in [4.78, 5) is 12.7. The number of fused-ring (bicyclic) bond motifs is 1. The van der Waals surface area contributed by atoms with Crippen LogP contribution in [0.5, 0.6) is 5.75 Å². The third-order valence-corrected chi connectivity index (χ3v) is 3.71. The molecule has 0 fully saturated rings. The van der Waals surface area contributed by atoms with E-state index in [9.17, 15) is 4.79 Å². The maximum Gasteiger partial charge on any atom is 0.230 e. The summed E-state index contributed by atoms with van der Waals surface area (Å²) in [6.07, 6.45) is 2.49. The van der Waals surface area contributed by atoms with Gasteiger partial charge in [0.2, 0.25) is 5.91 Å². The molecule has 98 valence electrons. The second-order valence-corrected chi connectivity index (χ2v) is 5.81. The third kappa shape index (κ3) is 3.67. The molecule has 1 heterocycles. The minimum absolute atomic E-state index is 0.102. The van der Waals surface area contributed by atoms with E-state index in [0.29, 0.717) is 12.3 Å². The lowest BCUT2D eigenvalue weighted by Gasteiger charge is -2.07. The predicted molar refractivity (Wildman–Crippen MR) is 73.7 cm³/mol. The monoisotopic (exact) mass is 265 g/mol. The van der Waals surface area contributed by atoms with Crippen molar-refractivity contribution in [3.05, 3.63) is 23.8 Å². The molecule has 1 aliphatic heterocycles. The fraction of sp³-hybridized carbons (Fsp3) is 0.500. The Balaban J connectivity index is 1.81. The number of rotatable bonds is 5. The van der Waals surface area contributed by atoms with E-state index in [0.717, 1.165) is 30.1 Å². The molecule has 1 N–H and O–H groups in total. The van der Waals surface area contributed by atoms with Crippen molar-refractivity contribution in [2.75, 3.05) is 6.61 Å². The van der Waals surface area contributed by atoms with Crippen LogP contribution >= 0.6 is 11.9 Å². The third-order valence-electron chi connectivity index (χ3n) is 2.89. The quantitative estimate of drug-likeness (QED) is 0.831. The Morgan fingerprint density at radius 2 is 2.33 bits per heavy atom. The molecule has 0 spiro atoms. The Kier molecular flexibility index (Phi) is 4.53. The Labute approximate surface area is 112 Å². The Bertz CT molecular complexity index is 432. The van der Waals surface area contributed by atoms with Crippen molar-refractivity contribution >= 4 is 17.9 Å². The number of benzene rings is 1. The second-order valence-electron chi connectivity index (χ2n) is 4.93. The highest BCUT2D eigenvalue weighted by molar-refractivity contribution is 7.98. The van der Waals surface area contributed by atoms with Crippen LogP contribution in [-0.4, -0.2) is 12.5 Å². The molecule has 0 saturated heterocycles. The van der Waals surface area contributed by atoms with E-state index >= 15 is 0 Å². The van der Waals surface area contributed by atoms with Crippen molar-refractivity contribution in [2.24, 2.45) is 5.92 Å². The fourth-order valence-corrected chi connectivity index (χ4v) is 2.48. The summed E-state index contributed by atoms with van der Waals surface area (Å²) in [6.45, 7) is 5.02. The maximum atomic E-state index is 11.6. The zero-order valence-electron chi connectivity index (χ0n) is 10.9. The molecular weight excluding hydrogens is 246 g/mol. The van der Waals surface area contributed by atoms with E-state index in [1.807, 2.05) is 12.1 Å². The zero-order valence-corrected chi connectivity index (χ0v) is 11.7. The molecule has 0 radical (unpaired) electrons. The Hall–Kier alpha value is -1.16. The minimum Gasteiger partial charge on any atom is -0.493 e. The van der Waals surface area contributed by atoms with Gasteiger partial charge in [-0.1, -0.05) is 13.8 Å². The number of ether oxygens (including phenoxy) is 1. The van der Waals surface area contributed by atoms with Crippen molar-refractivity contribution in [3.63, 3.8) is 0 Å². The lowest BCUT2D eigenvalue weighted by molar-refractivity contribution is -0.119. The van der Waals surface area contributed by atoms with Gasteiger partial charge in [-0.15, -0.1) is 0 Å². The SMILES string of the molecule is CC(C)CCC(=O)NSc1ccc2c(c1)CCO2. The standard InChI is InChI=1S/C14H19NO2S/c1-10(2)3-6-14(16)15-18-12-4-5-13-11(9-12)7-8-17-13/h4-5,9-10H,3,6-8H2,1-2H3,(H,15,16). The van der Waals surface area contributed by atoms with E-state index in [2.05, 4.69) is 24.6 Å². The van der Waals surface area contributed by atoms with Gasteiger partial charge in [-0.25, -0.2) is 0 Å². The van der Waals surface area contributed by atoms with Gasteiger partial charge in [0, 0.05) is 17.7 Å². The van der Waals surface area contributed by atoms with Gasteiger partial charge in [0.05, 0.1) is 6.61 Å². The van der Waals surface area contributed by atoms with Crippen LogP contribution in [0, 0.1) is 5.92 Å². The molecule has 0 aliphatic carbocycles. The van der Waals surface area contributed by atoms with E-state index in [1.54, 1.807) is 0 Å². The first-order chi connectivity index (χ1) is 8.65. The number of hydrogen-bond acceptors (Lipinski definition) is 3. The van der Waals surface area contributed by atoms with Gasteiger partial charge in [0.15, 0.2) is 0 Å². The molecule has 0 bridgehead atoms. The molecule has 1 aliphatic rings. The van der Waals surface area contributed by atoms with Crippen molar-refractivity contribution < 1.29 is 9.53 Å². The summed E-state index contributed by atoms with van der Waals surface area (Å²) in [6, 6.07) is 6.05. The number of hydrogen-bond donors (Lipinski definition) is 1. The van der Waals surface area contributed by atoms with Crippen LogP contribution in [0.1, 0.15) is 32.3 Å². The van der Waals surface area contributed by atoms with E-state index in [-0.39, 0.29) is 5.91 Å². The molecule has 0 unspecified atom stereocenters. The maximum absolute atomic E-state index is 11.6. The summed E-state index contributed by atoms with van der Waals surface area (Å²) in [5.74, 6) is 1.65. The predicted octanol–water partition coefficient (Wildman–Crippen LogP) is 3.18. The zero-order chi connectivity index (χ0) is 13.0. The topological polar surface area (TPSA) is 38.3 Å². The van der Waals surface area contributed by atoms with Crippen LogP contribution in [0.25, 0.3) is 0 Å². The minimum atomic E-state index is 0.102. The Morgan fingerprint density at radius 1 is 1.50 bits per heavy atom. The van der Waals surface area contributed by atoms with Crippen LogP contribution in [0.3, 0.4) is 0 Å². The highest BCUT2D eigenvalue weighted by Crippen LogP contribution is 2.29. The number of amides is 1. The molecule has 18 heavy (non-hydrogen) atoms.